The lowest BCUT2D eigenvalue weighted by molar-refractivity contribution is 1.08. The zero-order chi connectivity index (χ0) is 6.97. The molecule has 0 aliphatic heterocycles. The highest BCUT2D eigenvalue weighted by atomic mass is 79.9. The summed E-state index contributed by atoms with van der Waals surface area (Å²) in [6.45, 7) is 0. The van der Waals surface area contributed by atoms with Crippen LogP contribution in [-0.4, -0.2) is 14.6 Å². The summed E-state index contributed by atoms with van der Waals surface area (Å²) >= 11 is 3.32. The first-order valence-corrected chi connectivity index (χ1v) is 3.53. The van der Waals surface area contributed by atoms with Crippen molar-refractivity contribution in [3.8, 4) is 0 Å². The Morgan fingerprint density at radius 2 is 2.40 bits per heavy atom. The van der Waals surface area contributed by atoms with Crippen molar-refractivity contribution in [1.29, 1.82) is 0 Å². The number of aromatic nitrogens is 3. The molecule has 0 aromatic carbocycles. The third-order valence-corrected chi connectivity index (χ3v) is 1.66. The highest BCUT2D eigenvalue weighted by molar-refractivity contribution is 9.10. The van der Waals surface area contributed by atoms with Crippen LogP contribution in [0.4, 0.5) is 0 Å². The van der Waals surface area contributed by atoms with Crippen molar-refractivity contribution in [2.75, 3.05) is 0 Å². The lowest BCUT2D eigenvalue weighted by atomic mass is 10.5. The van der Waals surface area contributed by atoms with Crippen LogP contribution in [-0.2, 0) is 0 Å². The van der Waals surface area contributed by atoms with Crippen molar-refractivity contribution < 1.29 is 0 Å². The quantitative estimate of drug-likeness (QED) is 0.636. The van der Waals surface area contributed by atoms with Gasteiger partial charge in [0.1, 0.15) is 0 Å². The molecule has 0 N–H and O–H groups in total. The third kappa shape index (κ3) is 0.806. The SMILES string of the molecule is Brc1ccc2nn[c]n2c1. The van der Waals surface area contributed by atoms with E-state index in [0.29, 0.717) is 0 Å². The second kappa shape index (κ2) is 2.05. The summed E-state index contributed by atoms with van der Waals surface area (Å²) in [5, 5.41) is 7.41. The maximum absolute atomic E-state index is 3.80. The normalized spacial score (nSPS) is 10.5. The van der Waals surface area contributed by atoms with Gasteiger partial charge in [-0.2, -0.15) is 0 Å². The second-order valence-corrected chi connectivity index (χ2v) is 2.79. The van der Waals surface area contributed by atoms with Crippen molar-refractivity contribution >= 4 is 21.6 Å². The first-order valence-electron chi connectivity index (χ1n) is 2.74. The molecule has 0 fully saturated rings. The Labute approximate surface area is 65.8 Å². The molecule has 4 heteroatoms. The molecule has 2 heterocycles. The minimum absolute atomic E-state index is 0.809. The largest absolute Gasteiger partial charge is 0.279 e. The number of rotatable bonds is 0. The lowest BCUT2D eigenvalue weighted by Crippen LogP contribution is -1.80. The monoisotopic (exact) mass is 196 g/mol. The molecular formula is C6H3BrN3. The number of nitrogens with zero attached hydrogens (tertiary/aromatic N) is 3. The molecular weight excluding hydrogens is 194 g/mol. The number of fused-ring (bicyclic) bond motifs is 1. The van der Waals surface area contributed by atoms with Crippen LogP contribution in [0.25, 0.3) is 5.65 Å². The predicted octanol–water partition coefficient (Wildman–Crippen LogP) is 1.29. The van der Waals surface area contributed by atoms with Gasteiger partial charge in [-0.1, -0.05) is 0 Å². The summed E-state index contributed by atoms with van der Waals surface area (Å²) in [5.41, 5.74) is 0.809. The fourth-order valence-electron chi connectivity index (χ4n) is 0.750. The van der Waals surface area contributed by atoms with Crippen molar-refractivity contribution in [2.45, 2.75) is 0 Å². The first-order chi connectivity index (χ1) is 4.86. The summed E-state index contributed by atoms with van der Waals surface area (Å²) in [6.07, 6.45) is 4.54. The van der Waals surface area contributed by atoms with Crippen LogP contribution < -0.4 is 0 Å². The molecule has 0 spiro atoms. The minimum atomic E-state index is 0.809. The molecule has 1 radical (unpaired) electrons. The molecule has 2 aromatic rings. The molecule has 0 aliphatic carbocycles. The van der Waals surface area contributed by atoms with Gasteiger partial charge in [0.15, 0.2) is 5.65 Å². The maximum Gasteiger partial charge on any atom is 0.206 e. The topological polar surface area (TPSA) is 30.2 Å². The van der Waals surface area contributed by atoms with E-state index in [4.69, 9.17) is 0 Å². The van der Waals surface area contributed by atoms with Crippen LogP contribution in [0, 0.1) is 6.33 Å². The average Bonchev–Trinajstić information content (AvgIpc) is 2.33. The summed E-state index contributed by atoms with van der Waals surface area (Å²) < 4.78 is 2.72. The molecule has 0 atom stereocenters. The predicted molar refractivity (Wildman–Crippen MR) is 39.5 cm³/mol. The van der Waals surface area contributed by atoms with E-state index in [1.165, 1.54) is 0 Å². The van der Waals surface area contributed by atoms with Crippen molar-refractivity contribution in [2.24, 2.45) is 0 Å². The summed E-state index contributed by atoms with van der Waals surface area (Å²) in [5.74, 6) is 0. The average molecular weight is 197 g/mol. The van der Waals surface area contributed by atoms with Gasteiger partial charge >= 0.3 is 0 Å². The zero-order valence-electron chi connectivity index (χ0n) is 4.95. The van der Waals surface area contributed by atoms with Crippen molar-refractivity contribution in [3.05, 3.63) is 29.1 Å². The van der Waals surface area contributed by atoms with Crippen molar-refractivity contribution in [1.82, 2.24) is 14.6 Å². The first kappa shape index (κ1) is 5.85. The van der Waals surface area contributed by atoms with Crippen LogP contribution in [0.15, 0.2) is 22.8 Å². The van der Waals surface area contributed by atoms with Gasteiger partial charge in [-0.3, -0.25) is 4.40 Å². The van der Waals surface area contributed by atoms with Crippen LogP contribution >= 0.6 is 15.9 Å². The molecule has 49 valence electrons. The Morgan fingerprint density at radius 1 is 1.50 bits per heavy atom. The van der Waals surface area contributed by atoms with Gasteiger partial charge in [-0.15, -0.1) is 10.2 Å². The molecule has 3 nitrogen and oxygen atoms in total. The van der Waals surface area contributed by atoms with Gasteiger partial charge < -0.3 is 0 Å². The van der Waals surface area contributed by atoms with Crippen molar-refractivity contribution in [3.63, 3.8) is 0 Å². The molecule has 0 aliphatic rings. The standard InChI is InChI=1S/C6H3BrN3/c7-5-1-2-6-9-8-4-10(6)3-5/h1-3H. The van der Waals surface area contributed by atoms with E-state index >= 15 is 0 Å². The van der Waals surface area contributed by atoms with Gasteiger partial charge in [0.2, 0.25) is 6.33 Å². The van der Waals surface area contributed by atoms with E-state index in [9.17, 15) is 0 Å². The fraction of sp³-hybridized carbons (Fsp3) is 0. The molecule has 0 saturated heterocycles. The minimum Gasteiger partial charge on any atom is -0.279 e. The van der Waals surface area contributed by atoms with E-state index < -0.39 is 0 Å². The summed E-state index contributed by atoms with van der Waals surface area (Å²) in [6, 6.07) is 3.78. The molecule has 0 bridgehead atoms. The van der Waals surface area contributed by atoms with E-state index in [1.54, 1.807) is 4.40 Å². The van der Waals surface area contributed by atoms with Crippen LogP contribution in [0.3, 0.4) is 0 Å². The Bertz CT molecular complexity index is 355. The van der Waals surface area contributed by atoms with E-state index in [-0.39, 0.29) is 0 Å². The number of hydrogen-bond acceptors (Lipinski definition) is 2. The molecule has 2 rings (SSSR count). The Balaban J connectivity index is 2.86. The van der Waals surface area contributed by atoms with E-state index in [2.05, 4.69) is 32.5 Å². The second-order valence-electron chi connectivity index (χ2n) is 1.88. The fourth-order valence-corrected chi connectivity index (χ4v) is 1.09. The maximum atomic E-state index is 3.80. The van der Waals surface area contributed by atoms with Gasteiger partial charge in [0.25, 0.3) is 0 Å². The Hall–Kier alpha value is -0.900. The lowest BCUT2D eigenvalue weighted by Gasteiger charge is -1.89. The Kier molecular flexibility index (Phi) is 1.20. The van der Waals surface area contributed by atoms with Crippen LogP contribution in [0.2, 0.25) is 0 Å². The number of hydrogen-bond donors (Lipinski definition) is 0. The smallest absolute Gasteiger partial charge is 0.206 e. The molecule has 0 unspecified atom stereocenters. The van der Waals surface area contributed by atoms with Gasteiger partial charge in [-0.05, 0) is 28.1 Å². The van der Waals surface area contributed by atoms with E-state index in [1.807, 2.05) is 18.3 Å². The number of pyridine rings is 1. The van der Waals surface area contributed by atoms with Gasteiger partial charge in [-0.25, -0.2) is 0 Å². The highest BCUT2D eigenvalue weighted by Crippen LogP contribution is 2.08. The number of halogens is 1. The van der Waals surface area contributed by atoms with Gasteiger partial charge in [0.05, 0.1) is 0 Å². The highest BCUT2D eigenvalue weighted by Gasteiger charge is 1.93. The summed E-state index contributed by atoms with van der Waals surface area (Å²) in [4.78, 5) is 0. The molecule has 10 heavy (non-hydrogen) atoms. The summed E-state index contributed by atoms with van der Waals surface area (Å²) in [7, 11) is 0. The molecule has 2 aromatic heterocycles. The van der Waals surface area contributed by atoms with Crippen LogP contribution in [0.1, 0.15) is 0 Å². The zero-order valence-corrected chi connectivity index (χ0v) is 6.54. The van der Waals surface area contributed by atoms with Crippen LogP contribution in [0.5, 0.6) is 0 Å². The molecule has 0 saturated carbocycles. The van der Waals surface area contributed by atoms with E-state index in [0.717, 1.165) is 10.1 Å². The van der Waals surface area contributed by atoms with Gasteiger partial charge in [0, 0.05) is 10.7 Å². The third-order valence-electron chi connectivity index (χ3n) is 1.20. The molecule has 0 amide bonds. The Morgan fingerprint density at radius 3 is 3.30 bits per heavy atom.